The van der Waals surface area contributed by atoms with Crippen molar-refractivity contribution < 1.29 is 14.2 Å². The summed E-state index contributed by atoms with van der Waals surface area (Å²) < 4.78 is 16.1. The summed E-state index contributed by atoms with van der Waals surface area (Å²) in [6.07, 6.45) is 2.20. The number of ether oxygens (including phenoxy) is 3. The molecular formula is C15H21ClO3. The Morgan fingerprint density at radius 1 is 1.32 bits per heavy atom. The van der Waals surface area contributed by atoms with Crippen molar-refractivity contribution in [3.63, 3.8) is 0 Å². The third kappa shape index (κ3) is 3.54. The number of benzene rings is 1. The van der Waals surface area contributed by atoms with E-state index in [1.807, 2.05) is 18.2 Å². The summed E-state index contributed by atoms with van der Waals surface area (Å²) >= 11 is 6.50. The van der Waals surface area contributed by atoms with E-state index < -0.39 is 0 Å². The molecule has 0 aromatic heterocycles. The van der Waals surface area contributed by atoms with Gasteiger partial charge >= 0.3 is 0 Å². The fourth-order valence-corrected chi connectivity index (χ4v) is 2.86. The summed E-state index contributed by atoms with van der Waals surface area (Å²) in [7, 11) is 3.28. The Morgan fingerprint density at radius 2 is 2.05 bits per heavy atom. The van der Waals surface area contributed by atoms with Crippen molar-refractivity contribution in [3.05, 3.63) is 23.8 Å². The zero-order chi connectivity index (χ0) is 13.8. The summed E-state index contributed by atoms with van der Waals surface area (Å²) in [4.78, 5) is 0. The largest absolute Gasteiger partial charge is 0.493 e. The number of methoxy groups -OCH3 is 2. The van der Waals surface area contributed by atoms with Crippen LogP contribution in [0.15, 0.2) is 18.2 Å². The van der Waals surface area contributed by atoms with Crippen LogP contribution in [0.4, 0.5) is 0 Å². The van der Waals surface area contributed by atoms with Gasteiger partial charge in [0, 0.05) is 11.3 Å². The van der Waals surface area contributed by atoms with E-state index in [2.05, 4.69) is 6.92 Å². The van der Waals surface area contributed by atoms with Gasteiger partial charge in [0.15, 0.2) is 11.5 Å². The van der Waals surface area contributed by atoms with Crippen molar-refractivity contribution in [3.8, 4) is 11.5 Å². The molecule has 1 aliphatic heterocycles. The number of rotatable bonds is 5. The van der Waals surface area contributed by atoms with Crippen LogP contribution in [-0.2, 0) is 11.2 Å². The van der Waals surface area contributed by atoms with Gasteiger partial charge in [-0.05, 0) is 37.5 Å². The van der Waals surface area contributed by atoms with Crippen molar-refractivity contribution in [2.45, 2.75) is 31.2 Å². The quantitative estimate of drug-likeness (QED) is 0.777. The van der Waals surface area contributed by atoms with Gasteiger partial charge in [-0.15, -0.1) is 11.6 Å². The molecule has 2 rings (SSSR count). The number of hydrogen-bond acceptors (Lipinski definition) is 3. The smallest absolute Gasteiger partial charge is 0.160 e. The molecule has 3 nitrogen and oxygen atoms in total. The molecular weight excluding hydrogens is 264 g/mol. The standard InChI is InChI=1S/C15H21ClO3/c1-10-6-12(9-19-10)13(16)7-11-4-5-14(17-2)15(8-11)18-3/h4-5,8,10,12-13H,6-7,9H2,1-3H3. The fraction of sp³-hybridized carbons (Fsp3) is 0.600. The minimum atomic E-state index is 0.100. The Morgan fingerprint density at radius 3 is 2.63 bits per heavy atom. The highest BCUT2D eigenvalue weighted by atomic mass is 35.5. The van der Waals surface area contributed by atoms with E-state index in [9.17, 15) is 0 Å². The molecule has 19 heavy (non-hydrogen) atoms. The molecule has 1 heterocycles. The van der Waals surface area contributed by atoms with Gasteiger partial charge in [-0.3, -0.25) is 0 Å². The predicted octanol–water partition coefficient (Wildman–Crippen LogP) is 3.28. The molecule has 1 saturated heterocycles. The predicted molar refractivity (Wildman–Crippen MR) is 76.4 cm³/mol. The first-order valence-electron chi connectivity index (χ1n) is 6.60. The monoisotopic (exact) mass is 284 g/mol. The van der Waals surface area contributed by atoms with Gasteiger partial charge in [0.25, 0.3) is 0 Å². The second-order valence-electron chi connectivity index (χ2n) is 5.05. The number of alkyl halides is 1. The maximum atomic E-state index is 6.50. The Balaban J connectivity index is 2.02. The van der Waals surface area contributed by atoms with Gasteiger partial charge < -0.3 is 14.2 Å². The second kappa shape index (κ2) is 6.49. The lowest BCUT2D eigenvalue weighted by atomic mass is 9.96. The van der Waals surface area contributed by atoms with Gasteiger partial charge in [0.1, 0.15) is 0 Å². The molecule has 1 aliphatic rings. The average Bonchev–Trinajstić information content (AvgIpc) is 2.85. The van der Waals surface area contributed by atoms with Crippen LogP contribution >= 0.6 is 11.6 Å². The third-order valence-corrected chi connectivity index (χ3v) is 4.13. The Hall–Kier alpha value is -0.930. The Bertz CT molecular complexity index is 422. The Labute approximate surface area is 119 Å². The van der Waals surface area contributed by atoms with Crippen molar-refractivity contribution in [1.82, 2.24) is 0 Å². The number of hydrogen-bond donors (Lipinski definition) is 0. The van der Waals surface area contributed by atoms with Gasteiger partial charge in [-0.2, -0.15) is 0 Å². The van der Waals surface area contributed by atoms with Crippen LogP contribution in [0.5, 0.6) is 11.5 Å². The highest BCUT2D eigenvalue weighted by molar-refractivity contribution is 6.21. The second-order valence-corrected chi connectivity index (χ2v) is 5.61. The zero-order valence-electron chi connectivity index (χ0n) is 11.7. The van der Waals surface area contributed by atoms with E-state index >= 15 is 0 Å². The van der Waals surface area contributed by atoms with Gasteiger partial charge in [0.05, 0.1) is 26.9 Å². The van der Waals surface area contributed by atoms with E-state index in [0.717, 1.165) is 36.5 Å². The van der Waals surface area contributed by atoms with Crippen molar-refractivity contribution >= 4 is 11.6 Å². The van der Waals surface area contributed by atoms with Crippen LogP contribution in [0.1, 0.15) is 18.9 Å². The summed E-state index contributed by atoms with van der Waals surface area (Å²) in [5.41, 5.74) is 1.16. The molecule has 3 atom stereocenters. The summed E-state index contributed by atoms with van der Waals surface area (Å²) in [6, 6.07) is 5.95. The average molecular weight is 285 g/mol. The van der Waals surface area contributed by atoms with Crippen molar-refractivity contribution in [2.24, 2.45) is 5.92 Å². The molecule has 0 spiro atoms. The summed E-state index contributed by atoms with van der Waals surface area (Å²) in [6.45, 7) is 2.86. The highest BCUT2D eigenvalue weighted by Crippen LogP contribution is 2.31. The molecule has 0 bridgehead atoms. The first-order chi connectivity index (χ1) is 9.13. The van der Waals surface area contributed by atoms with Crippen LogP contribution in [0.2, 0.25) is 0 Å². The minimum Gasteiger partial charge on any atom is -0.493 e. The van der Waals surface area contributed by atoms with Crippen molar-refractivity contribution in [1.29, 1.82) is 0 Å². The SMILES string of the molecule is COc1ccc(CC(Cl)C2COC(C)C2)cc1OC. The van der Waals surface area contributed by atoms with E-state index in [-0.39, 0.29) is 5.38 Å². The molecule has 0 aliphatic carbocycles. The summed E-state index contributed by atoms with van der Waals surface area (Å²) in [5.74, 6) is 1.93. The molecule has 3 unspecified atom stereocenters. The molecule has 1 aromatic carbocycles. The van der Waals surface area contributed by atoms with E-state index in [0.29, 0.717) is 12.0 Å². The molecule has 0 radical (unpaired) electrons. The zero-order valence-corrected chi connectivity index (χ0v) is 12.4. The highest BCUT2D eigenvalue weighted by Gasteiger charge is 2.28. The first kappa shape index (κ1) is 14.5. The van der Waals surface area contributed by atoms with Crippen LogP contribution in [-0.4, -0.2) is 32.3 Å². The lowest BCUT2D eigenvalue weighted by Crippen LogP contribution is -2.17. The van der Waals surface area contributed by atoms with E-state index in [1.165, 1.54) is 0 Å². The van der Waals surface area contributed by atoms with Gasteiger partial charge in [0.2, 0.25) is 0 Å². The molecule has 0 N–H and O–H groups in total. The topological polar surface area (TPSA) is 27.7 Å². The van der Waals surface area contributed by atoms with E-state index in [4.69, 9.17) is 25.8 Å². The number of halogens is 1. The maximum Gasteiger partial charge on any atom is 0.160 e. The maximum absolute atomic E-state index is 6.50. The minimum absolute atomic E-state index is 0.100. The molecule has 4 heteroatoms. The molecule has 0 amide bonds. The lowest BCUT2D eigenvalue weighted by molar-refractivity contribution is 0.120. The lowest BCUT2D eigenvalue weighted by Gasteiger charge is -2.16. The first-order valence-corrected chi connectivity index (χ1v) is 7.04. The molecule has 106 valence electrons. The summed E-state index contributed by atoms with van der Waals surface area (Å²) in [5, 5.41) is 0.100. The van der Waals surface area contributed by atoms with Crippen molar-refractivity contribution in [2.75, 3.05) is 20.8 Å². The van der Waals surface area contributed by atoms with Crippen LogP contribution in [0.3, 0.4) is 0 Å². The molecule has 0 saturated carbocycles. The molecule has 1 aromatic rings. The van der Waals surface area contributed by atoms with Gasteiger partial charge in [-0.1, -0.05) is 6.07 Å². The van der Waals surface area contributed by atoms with Crippen LogP contribution < -0.4 is 9.47 Å². The fourth-order valence-electron chi connectivity index (χ4n) is 2.50. The molecule has 1 fully saturated rings. The van der Waals surface area contributed by atoms with E-state index in [1.54, 1.807) is 14.2 Å². The third-order valence-electron chi connectivity index (χ3n) is 3.62. The normalized spacial score (nSPS) is 24.2. The Kier molecular flexibility index (Phi) is 4.94. The van der Waals surface area contributed by atoms with Crippen LogP contribution in [0.25, 0.3) is 0 Å². The van der Waals surface area contributed by atoms with Gasteiger partial charge in [-0.25, -0.2) is 0 Å². The van der Waals surface area contributed by atoms with Crippen LogP contribution in [0, 0.1) is 5.92 Å².